The summed E-state index contributed by atoms with van der Waals surface area (Å²) in [5.41, 5.74) is 0. The molecule has 0 aromatic carbocycles. The molecule has 19 heavy (non-hydrogen) atoms. The van der Waals surface area contributed by atoms with Crippen molar-refractivity contribution in [2.75, 3.05) is 32.4 Å². The smallest absolute Gasteiger partial charge is 0.213 e. The third kappa shape index (κ3) is 8.05. The lowest BCUT2D eigenvalue weighted by Crippen LogP contribution is -2.41. The first-order valence-electron chi connectivity index (χ1n) is 6.82. The van der Waals surface area contributed by atoms with Crippen LogP contribution in [-0.4, -0.2) is 57.2 Å². The van der Waals surface area contributed by atoms with E-state index < -0.39 is 10.0 Å². The molecule has 114 valence electrons. The normalized spacial score (nSPS) is 13.1. The molecule has 0 saturated heterocycles. The van der Waals surface area contributed by atoms with Crippen molar-refractivity contribution in [3.8, 4) is 0 Å². The van der Waals surface area contributed by atoms with E-state index in [1.54, 1.807) is 14.0 Å². The molecular formula is C12H28N4O2S. The first-order chi connectivity index (χ1) is 8.83. The highest BCUT2D eigenvalue weighted by atomic mass is 32.2. The number of nitrogens with zero attached hydrogens (tertiary/aromatic N) is 2. The molecule has 0 aliphatic carbocycles. The highest BCUT2D eigenvalue weighted by molar-refractivity contribution is 7.89. The lowest BCUT2D eigenvalue weighted by Gasteiger charge is -2.16. The fourth-order valence-corrected chi connectivity index (χ4v) is 2.29. The number of nitrogens with one attached hydrogen (secondary N) is 2. The van der Waals surface area contributed by atoms with Crippen molar-refractivity contribution in [3.05, 3.63) is 0 Å². The van der Waals surface area contributed by atoms with Crippen molar-refractivity contribution in [3.63, 3.8) is 0 Å². The van der Waals surface area contributed by atoms with Gasteiger partial charge in [-0.1, -0.05) is 0 Å². The van der Waals surface area contributed by atoms with Crippen LogP contribution in [0, 0.1) is 0 Å². The van der Waals surface area contributed by atoms with Crippen LogP contribution in [0.4, 0.5) is 0 Å². The molecule has 0 bridgehead atoms. The molecule has 0 aromatic heterocycles. The van der Waals surface area contributed by atoms with Gasteiger partial charge in [-0.05, 0) is 34.1 Å². The minimum absolute atomic E-state index is 0.143. The first kappa shape index (κ1) is 18.2. The Morgan fingerprint density at radius 3 is 2.42 bits per heavy atom. The van der Waals surface area contributed by atoms with Gasteiger partial charge in [0.25, 0.3) is 0 Å². The Bertz CT molecular complexity index is 366. The molecule has 0 saturated carbocycles. The second kappa shape index (κ2) is 9.14. The molecule has 0 aliphatic rings. The molecule has 0 aromatic rings. The molecule has 0 fully saturated rings. The molecule has 0 spiro atoms. The van der Waals surface area contributed by atoms with Crippen LogP contribution in [-0.2, 0) is 10.0 Å². The van der Waals surface area contributed by atoms with E-state index in [1.165, 1.54) is 4.31 Å². The molecule has 2 N–H and O–H groups in total. The Morgan fingerprint density at radius 2 is 1.95 bits per heavy atom. The minimum atomic E-state index is -3.07. The highest BCUT2D eigenvalue weighted by Crippen LogP contribution is 1.98. The Labute approximate surface area is 117 Å². The van der Waals surface area contributed by atoms with Gasteiger partial charge in [-0.3, -0.25) is 4.99 Å². The van der Waals surface area contributed by atoms with Crippen LogP contribution >= 0.6 is 0 Å². The zero-order valence-corrected chi connectivity index (χ0v) is 13.5. The van der Waals surface area contributed by atoms with Crippen LogP contribution in [0.1, 0.15) is 34.1 Å². The van der Waals surface area contributed by atoms with E-state index in [4.69, 9.17) is 0 Å². The predicted octanol–water partition coefficient (Wildman–Crippen LogP) is 0.622. The Kier molecular flexibility index (Phi) is 8.75. The second-order valence-electron chi connectivity index (χ2n) is 4.64. The van der Waals surface area contributed by atoms with Crippen molar-refractivity contribution in [2.24, 2.45) is 4.99 Å². The third-order valence-corrected chi connectivity index (χ3v) is 4.37. The van der Waals surface area contributed by atoms with E-state index in [0.717, 1.165) is 12.5 Å². The lowest BCUT2D eigenvalue weighted by atomic mass is 10.4. The summed E-state index contributed by atoms with van der Waals surface area (Å²) in [5, 5.41) is 6.37. The van der Waals surface area contributed by atoms with Crippen molar-refractivity contribution in [1.82, 2.24) is 14.9 Å². The predicted molar refractivity (Wildman–Crippen MR) is 81.0 cm³/mol. The van der Waals surface area contributed by atoms with Crippen LogP contribution in [0.3, 0.4) is 0 Å². The van der Waals surface area contributed by atoms with Gasteiger partial charge in [0.15, 0.2) is 5.96 Å². The summed E-state index contributed by atoms with van der Waals surface area (Å²) >= 11 is 0. The Hall–Kier alpha value is -0.820. The number of aliphatic imine (C=N–C) groups is 1. The fourth-order valence-electron chi connectivity index (χ4n) is 1.44. The fraction of sp³-hybridized carbons (Fsp3) is 0.917. The van der Waals surface area contributed by atoms with Crippen molar-refractivity contribution in [2.45, 2.75) is 40.2 Å². The van der Waals surface area contributed by atoms with E-state index in [0.29, 0.717) is 25.6 Å². The van der Waals surface area contributed by atoms with Gasteiger partial charge in [0.1, 0.15) is 0 Å². The molecule has 0 atom stereocenters. The van der Waals surface area contributed by atoms with Crippen LogP contribution < -0.4 is 10.6 Å². The summed E-state index contributed by atoms with van der Waals surface area (Å²) in [6.45, 7) is 9.68. The zero-order valence-electron chi connectivity index (χ0n) is 12.7. The summed E-state index contributed by atoms with van der Waals surface area (Å²) in [6.07, 6.45) is 0.713. The maximum absolute atomic E-state index is 11.5. The van der Waals surface area contributed by atoms with E-state index in [9.17, 15) is 8.42 Å². The number of guanidine groups is 1. The molecule has 0 heterocycles. The highest BCUT2D eigenvalue weighted by Gasteiger charge is 2.13. The van der Waals surface area contributed by atoms with Crippen molar-refractivity contribution < 1.29 is 8.42 Å². The molecule has 0 aliphatic heterocycles. The van der Waals surface area contributed by atoms with E-state index >= 15 is 0 Å². The van der Waals surface area contributed by atoms with Gasteiger partial charge in [0.05, 0.1) is 5.75 Å². The number of hydrogen-bond donors (Lipinski definition) is 2. The Morgan fingerprint density at radius 1 is 1.32 bits per heavy atom. The van der Waals surface area contributed by atoms with Crippen LogP contribution in [0.15, 0.2) is 4.99 Å². The van der Waals surface area contributed by atoms with E-state index in [2.05, 4.69) is 29.5 Å². The SMILES string of the molecule is CCNC(=NCCCN(C)S(=O)(=O)CC)NC(C)C. The van der Waals surface area contributed by atoms with Crippen molar-refractivity contribution in [1.29, 1.82) is 0 Å². The summed E-state index contributed by atoms with van der Waals surface area (Å²) in [7, 11) is -1.46. The summed E-state index contributed by atoms with van der Waals surface area (Å²) in [5.74, 6) is 0.920. The molecule has 7 heteroatoms. The molecular weight excluding hydrogens is 264 g/mol. The molecule has 0 radical (unpaired) electrons. The maximum atomic E-state index is 11.5. The van der Waals surface area contributed by atoms with Gasteiger partial charge in [-0.2, -0.15) is 0 Å². The monoisotopic (exact) mass is 292 g/mol. The quantitative estimate of drug-likeness (QED) is 0.391. The number of rotatable bonds is 8. The van der Waals surface area contributed by atoms with Crippen LogP contribution in [0.5, 0.6) is 0 Å². The second-order valence-corrected chi connectivity index (χ2v) is 7.00. The zero-order chi connectivity index (χ0) is 14.9. The third-order valence-electron chi connectivity index (χ3n) is 2.51. The van der Waals surface area contributed by atoms with Gasteiger partial charge in [0.2, 0.25) is 10.0 Å². The summed E-state index contributed by atoms with van der Waals surface area (Å²) in [6, 6.07) is 0.320. The lowest BCUT2D eigenvalue weighted by molar-refractivity contribution is 0.464. The maximum Gasteiger partial charge on any atom is 0.213 e. The average Bonchev–Trinajstić information content (AvgIpc) is 2.33. The topological polar surface area (TPSA) is 73.8 Å². The first-order valence-corrected chi connectivity index (χ1v) is 8.43. The van der Waals surface area contributed by atoms with E-state index in [1.807, 2.05) is 6.92 Å². The molecule has 0 unspecified atom stereocenters. The molecule has 6 nitrogen and oxygen atoms in total. The van der Waals surface area contributed by atoms with Gasteiger partial charge in [0, 0.05) is 32.7 Å². The largest absolute Gasteiger partial charge is 0.357 e. The standard InChI is InChI=1S/C12H28N4O2S/c1-6-13-12(15-11(3)4)14-9-8-10-16(5)19(17,18)7-2/h11H,6-10H2,1-5H3,(H2,13,14,15). The van der Waals surface area contributed by atoms with Gasteiger partial charge >= 0.3 is 0 Å². The molecule has 0 rings (SSSR count). The number of sulfonamides is 1. The summed E-state index contributed by atoms with van der Waals surface area (Å²) < 4.78 is 24.5. The Balaban J connectivity index is 4.17. The molecule has 0 amide bonds. The average molecular weight is 292 g/mol. The van der Waals surface area contributed by atoms with E-state index in [-0.39, 0.29) is 5.75 Å². The summed E-state index contributed by atoms with van der Waals surface area (Å²) in [4.78, 5) is 4.41. The minimum Gasteiger partial charge on any atom is -0.357 e. The number of hydrogen-bond acceptors (Lipinski definition) is 3. The van der Waals surface area contributed by atoms with Gasteiger partial charge in [-0.25, -0.2) is 12.7 Å². The van der Waals surface area contributed by atoms with Gasteiger partial charge < -0.3 is 10.6 Å². The van der Waals surface area contributed by atoms with Crippen LogP contribution in [0.2, 0.25) is 0 Å². The van der Waals surface area contributed by atoms with Gasteiger partial charge in [-0.15, -0.1) is 0 Å². The van der Waals surface area contributed by atoms with Crippen molar-refractivity contribution >= 4 is 16.0 Å². The van der Waals surface area contributed by atoms with Crippen LogP contribution in [0.25, 0.3) is 0 Å².